The van der Waals surface area contributed by atoms with E-state index in [4.69, 9.17) is 16.7 Å². The Morgan fingerprint density at radius 2 is 2.19 bits per heavy atom. The van der Waals surface area contributed by atoms with Gasteiger partial charge in [0.15, 0.2) is 0 Å². The summed E-state index contributed by atoms with van der Waals surface area (Å²) in [7, 11) is -3.78. The van der Waals surface area contributed by atoms with Crippen LogP contribution in [0, 0.1) is 0 Å². The molecule has 0 atom stereocenters. The van der Waals surface area contributed by atoms with Crippen molar-refractivity contribution in [3.63, 3.8) is 0 Å². The van der Waals surface area contributed by atoms with Gasteiger partial charge in [-0.15, -0.1) is 11.3 Å². The van der Waals surface area contributed by atoms with E-state index in [1.807, 2.05) is 5.38 Å². The molecule has 0 aliphatic heterocycles. The van der Waals surface area contributed by atoms with Crippen molar-refractivity contribution in [1.29, 1.82) is 0 Å². The Labute approximate surface area is 130 Å². The number of carboxylic acid groups (broad SMARTS) is 1. The molecule has 1 heterocycles. The maximum Gasteiger partial charge on any atom is 0.337 e. The van der Waals surface area contributed by atoms with Gasteiger partial charge in [-0.05, 0) is 18.2 Å². The first-order valence-corrected chi connectivity index (χ1v) is 8.55. The summed E-state index contributed by atoms with van der Waals surface area (Å²) < 4.78 is 26.6. The molecule has 9 heteroatoms. The topological polar surface area (TPSA) is 96.4 Å². The zero-order valence-corrected chi connectivity index (χ0v) is 13.0. The van der Waals surface area contributed by atoms with Crippen molar-refractivity contribution >= 4 is 38.9 Å². The fourth-order valence-electron chi connectivity index (χ4n) is 1.59. The van der Waals surface area contributed by atoms with Gasteiger partial charge in [-0.2, -0.15) is 0 Å². The molecular weight excluding hydrogens is 336 g/mol. The van der Waals surface area contributed by atoms with Gasteiger partial charge < -0.3 is 5.11 Å². The Morgan fingerprint density at radius 1 is 1.43 bits per heavy atom. The van der Waals surface area contributed by atoms with Crippen LogP contribution in [0.25, 0.3) is 0 Å². The molecule has 0 bridgehead atoms. The van der Waals surface area contributed by atoms with E-state index < -0.39 is 16.0 Å². The number of hydrogen-bond donors (Lipinski definition) is 2. The van der Waals surface area contributed by atoms with Gasteiger partial charge >= 0.3 is 5.97 Å². The lowest BCUT2D eigenvalue weighted by atomic mass is 10.2. The molecule has 6 nitrogen and oxygen atoms in total. The zero-order chi connectivity index (χ0) is 15.5. The predicted molar refractivity (Wildman–Crippen MR) is 79.4 cm³/mol. The van der Waals surface area contributed by atoms with Gasteiger partial charge in [0.1, 0.15) is 0 Å². The Balaban J connectivity index is 2.12. The molecule has 0 fully saturated rings. The normalized spacial score (nSPS) is 11.5. The van der Waals surface area contributed by atoms with Crippen molar-refractivity contribution in [2.75, 3.05) is 6.54 Å². The van der Waals surface area contributed by atoms with Crippen LogP contribution in [-0.2, 0) is 16.4 Å². The van der Waals surface area contributed by atoms with Crippen molar-refractivity contribution in [2.45, 2.75) is 11.3 Å². The molecule has 112 valence electrons. The largest absolute Gasteiger partial charge is 0.478 e. The summed E-state index contributed by atoms with van der Waals surface area (Å²) in [6.07, 6.45) is 2.11. The first kappa shape index (κ1) is 15.9. The molecule has 1 aromatic heterocycles. The maximum atomic E-state index is 12.1. The molecule has 0 unspecified atom stereocenters. The number of nitrogens with zero attached hydrogens (tertiary/aromatic N) is 1. The Hall–Kier alpha value is -1.48. The summed E-state index contributed by atoms with van der Waals surface area (Å²) in [5.41, 5.74) is -0.250. The number of sulfonamides is 1. The maximum absolute atomic E-state index is 12.1. The molecule has 21 heavy (non-hydrogen) atoms. The molecule has 0 aliphatic rings. The molecule has 0 amide bonds. The van der Waals surface area contributed by atoms with Gasteiger partial charge in [-0.25, -0.2) is 22.9 Å². The van der Waals surface area contributed by atoms with Crippen molar-refractivity contribution in [1.82, 2.24) is 9.71 Å². The average molecular weight is 347 g/mol. The fourth-order valence-corrected chi connectivity index (χ4v) is 3.46. The van der Waals surface area contributed by atoms with Crippen molar-refractivity contribution in [3.8, 4) is 0 Å². The number of carboxylic acids is 1. The highest BCUT2D eigenvalue weighted by Crippen LogP contribution is 2.20. The number of rotatable bonds is 6. The highest BCUT2D eigenvalue weighted by molar-refractivity contribution is 7.89. The summed E-state index contributed by atoms with van der Waals surface area (Å²) >= 11 is 7.15. The minimum atomic E-state index is -3.78. The Kier molecular flexibility index (Phi) is 4.94. The molecule has 0 aliphatic carbocycles. The molecule has 1 aromatic carbocycles. The standard InChI is InChI=1S/C12H11ClN2O4S2/c13-10-2-1-8(7-9(10)12(16)17)21(18,19)15-4-3-11-14-5-6-20-11/h1-2,5-7,15H,3-4H2,(H,16,17). The number of aromatic carboxylic acids is 1. The summed E-state index contributed by atoms with van der Waals surface area (Å²) in [5.74, 6) is -1.28. The second kappa shape index (κ2) is 6.52. The van der Waals surface area contributed by atoms with Crippen LogP contribution in [0.1, 0.15) is 15.4 Å². The number of hydrogen-bond acceptors (Lipinski definition) is 5. The van der Waals surface area contributed by atoms with Gasteiger partial charge in [-0.3, -0.25) is 0 Å². The van der Waals surface area contributed by atoms with E-state index >= 15 is 0 Å². The van der Waals surface area contributed by atoms with Gasteiger partial charge in [0.2, 0.25) is 10.0 Å². The molecule has 0 saturated carbocycles. The van der Waals surface area contributed by atoms with Crippen LogP contribution in [0.3, 0.4) is 0 Å². The third-order valence-corrected chi connectivity index (χ3v) is 5.22. The minimum absolute atomic E-state index is 0.00997. The van der Waals surface area contributed by atoms with Crippen LogP contribution in [0.5, 0.6) is 0 Å². The number of halogens is 1. The number of nitrogens with one attached hydrogen (secondary N) is 1. The minimum Gasteiger partial charge on any atom is -0.478 e. The zero-order valence-electron chi connectivity index (χ0n) is 10.6. The van der Waals surface area contributed by atoms with Crippen LogP contribution >= 0.6 is 22.9 Å². The molecule has 0 spiro atoms. The predicted octanol–water partition coefficient (Wildman–Crippen LogP) is 2.02. The number of benzene rings is 1. The van der Waals surface area contributed by atoms with E-state index in [-0.39, 0.29) is 22.0 Å². The molecule has 2 aromatic rings. The van der Waals surface area contributed by atoms with E-state index in [0.717, 1.165) is 11.1 Å². The molecule has 2 N–H and O–H groups in total. The second-order valence-corrected chi connectivity index (χ2v) is 7.17. The first-order valence-electron chi connectivity index (χ1n) is 5.81. The van der Waals surface area contributed by atoms with E-state index in [1.54, 1.807) is 6.20 Å². The fraction of sp³-hybridized carbons (Fsp3) is 0.167. The second-order valence-electron chi connectivity index (χ2n) is 4.02. The van der Waals surface area contributed by atoms with Crippen LogP contribution in [0.2, 0.25) is 5.02 Å². The number of aromatic nitrogens is 1. The lowest BCUT2D eigenvalue weighted by Gasteiger charge is -2.07. The number of thiazole rings is 1. The third-order valence-electron chi connectivity index (χ3n) is 2.59. The average Bonchev–Trinajstić information content (AvgIpc) is 2.91. The molecule has 0 saturated heterocycles. The SMILES string of the molecule is O=C(O)c1cc(S(=O)(=O)NCCc2nccs2)ccc1Cl. The lowest BCUT2D eigenvalue weighted by molar-refractivity contribution is 0.0697. The van der Waals surface area contributed by atoms with E-state index in [1.165, 1.54) is 23.5 Å². The first-order chi connectivity index (χ1) is 9.90. The van der Waals surface area contributed by atoms with E-state index in [9.17, 15) is 13.2 Å². The lowest BCUT2D eigenvalue weighted by Crippen LogP contribution is -2.26. The van der Waals surface area contributed by atoms with Gasteiger partial charge in [0.25, 0.3) is 0 Å². The molecular formula is C12H11ClN2O4S2. The highest BCUT2D eigenvalue weighted by Gasteiger charge is 2.18. The summed E-state index contributed by atoms with van der Waals surface area (Å²) in [6, 6.07) is 3.55. The van der Waals surface area contributed by atoms with E-state index in [0.29, 0.717) is 6.42 Å². The molecule has 2 rings (SSSR count). The van der Waals surface area contributed by atoms with Crippen LogP contribution in [0.15, 0.2) is 34.7 Å². The Morgan fingerprint density at radius 3 is 2.81 bits per heavy atom. The van der Waals surface area contributed by atoms with Gasteiger partial charge in [0, 0.05) is 24.5 Å². The van der Waals surface area contributed by atoms with Crippen molar-refractivity contribution in [2.24, 2.45) is 0 Å². The van der Waals surface area contributed by atoms with Crippen LogP contribution < -0.4 is 4.72 Å². The summed E-state index contributed by atoms with van der Waals surface area (Å²) in [4.78, 5) is 14.9. The van der Waals surface area contributed by atoms with Gasteiger partial charge in [0.05, 0.1) is 20.5 Å². The number of carbonyl (C=O) groups is 1. The molecule has 0 radical (unpaired) electrons. The van der Waals surface area contributed by atoms with E-state index in [2.05, 4.69) is 9.71 Å². The van der Waals surface area contributed by atoms with Crippen molar-refractivity contribution in [3.05, 3.63) is 45.4 Å². The van der Waals surface area contributed by atoms with Crippen LogP contribution in [0.4, 0.5) is 0 Å². The monoisotopic (exact) mass is 346 g/mol. The van der Waals surface area contributed by atoms with Crippen molar-refractivity contribution < 1.29 is 18.3 Å². The quantitative estimate of drug-likeness (QED) is 0.834. The smallest absolute Gasteiger partial charge is 0.337 e. The third kappa shape index (κ3) is 4.01. The summed E-state index contributed by atoms with van der Waals surface area (Å²) in [5, 5.41) is 11.6. The van der Waals surface area contributed by atoms with Gasteiger partial charge in [-0.1, -0.05) is 11.6 Å². The Bertz CT molecular complexity index is 745. The highest BCUT2D eigenvalue weighted by atomic mass is 35.5. The summed E-state index contributed by atoms with van der Waals surface area (Å²) in [6.45, 7) is 0.181. The van der Waals surface area contributed by atoms with Crippen LogP contribution in [-0.4, -0.2) is 31.0 Å².